The largest absolute Gasteiger partial charge is 0.495 e. The van der Waals surface area contributed by atoms with Crippen LogP contribution in [0.15, 0.2) is 54.6 Å². The lowest BCUT2D eigenvalue weighted by Gasteiger charge is -2.00. The van der Waals surface area contributed by atoms with E-state index in [0.29, 0.717) is 12.2 Å². The molecule has 0 heterocycles. The Balaban J connectivity index is 0.000000303. The molecule has 0 bridgehead atoms. The van der Waals surface area contributed by atoms with Crippen LogP contribution in [0.3, 0.4) is 0 Å². The molecule has 0 saturated heterocycles. The van der Waals surface area contributed by atoms with E-state index in [1.807, 2.05) is 62.4 Å². The fraction of sp³-hybridized carbons (Fsp3) is 0.250. The van der Waals surface area contributed by atoms with Gasteiger partial charge in [0.15, 0.2) is 0 Å². The summed E-state index contributed by atoms with van der Waals surface area (Å²) in [5, 5.41) is 0. The van der Waals surface area contributed by atoms with Gasteiger partial charge in [-0.3, -0.25) is 0 Å². The summed E-state index contributed by atoms with van der Waals surface area (Å²) in [6.07, 6.45) is 0. The predicted molar refractivity (Wildman–Crippen MR) is 83.1 cm³/mol. The van der Waals surface area contributed by atoms with E-state index in [0.717, 1.165) is 5.75 Å². The minimum atomic E-state index is 0.640. The van der Waals surface area contributed by atoms with Crippen LogP contribution in [0.2, 0.25) is 0 Å². The number of para-hydroxylation sites is 2. The van der Waals surface area contributed by atoms with Crippen molar-refractivity contribution in [2.75, 3.05) is 12.8 Å². The molecule has 19 heavy (non-hydrogen) atoms. The molecule has 0 aliphatic rings. The lowest BCUT2D eigenvalue weighted by atomic mass is 10.2. The van der Waals surface area contributed by atoms with Crippen molar-refractivity contribution in [2.45, 2.75) is 20.4 Å². The first-order valence-corrected chi connectivity index (χ1v) is 6.40. The molecule has 0 amide bonds. The zero-order valence-electron chi connectivity index (χ0n) is 12.0. The molecule has 0 atom stereocenters. The zero-order chi connectivity index (χ0) is 14.5. The summed E-state index contributed by atoms with van der Waals surface area (Å²) >= 11 is 0. The fourth-order valence-electron chi connectivity index (χ4n) is 1.28. The molecule has 0 aliphatic heterocycles. The molecule has 0 unspecified atom stereocenters. The number of anilines is 1. The van der Waals surface area contributed by atoms with Crippen molar-refractivity contribution in [1.29, 1.82) is 0 Å². The van der Waals surface area contributed by atoms with E-state index >= 15 is 0 Å². The number of hydrogen-bond donors (Lipinski definition) is 2. The lowest BCUT2D eigenvalue weighted by molar-refractivity contribution is 0.417. The van der Waals surface area contributed by atoms with Crippen molar-refractivity contribution >= 4 is 5.69 Å². The Morgan fingerprint density at radius 1 is 0.895 bits per heavy atom. The maximum atomic E-state index is 5.51. The van der Waals surface area contributed by atoms with Crippen LogP contribution in [-0.4, -0.2) is 7.11 Å². The average molecular weight is 260 g/mol. The average Bonchev–Trinajstić information content (AvgIpc) is 2.51. The summed E-state index contributed by atoms with van der Waals surface area (Å²) in [5.74, 6) is 0.734. The van der Waals surface area contributed by atoms with E-state index in [4.69, 9.17) is 16.2 Å². The molecule has 3 nitrogen and oxygen atoms in total. The molecule has 0 spiro atoms. The van der Waals surface area contributed by atoms with E-state index in [1.165, 1.54) is 5.56 Å². The van der Waals surface area contributed by atoms with Gasteiger partial charge in [0.1, 0.15) is 5.75 Å². The topological polar surface area (TPSA) is 61.3 Å². The molecular weight excluding hydrogens is 236 g/mol. The van der Waals surface area contributed by atoms with Crippen molar-refractivity contribution in [3.63, 3.8) is 0 Å². The van der Waals surface area contributed by atoms with Gasteiger partial charge in [0.05, 0.1) is 12.8 Å². The Labute approximate surface area is 116 Å². The van der Waals surface area contributed by atoms with Gasteiger partial charge >= 0.3 is 0 Å². The molecule has 2 aromatic carbocycles. The van der Waals surface area contributed by atoms with Gasteiger partial charge in [-0.15, -0.1) is 0 Å². The van der Waals surface area contributed by atoms with E-state index in [1.54, 1.807) is 13.2 Å². The first-order valence-electron chi connectivity index (χ1n) is 6.40. The van der Waals surface area contributed by atoms with E-state index in [2.05, 4.69) is 0 Å². The van der Waals surface area contributed by atoms with Crippen LogP contribution >= 0.6 is 0 Å². The van der Waals surface area contributed by atoms with Gasteiger partial charge in [-0.1, -0.05) is 56.3 Å². The number of nitrogens with two attached hydrogens (primary N) is 2. The highest BCUT2D eigenvalue weighted by molar-refractivity contribution is 5.51. The Bertz CT molecular complexity index is 430. The van der Waals surface area contributed by atoms with Crippen LogP contribution < -0.4 is 16.2 Å². The van der Waals surface area contributed by atoms with Gasteiger partial charge in [-0.2, -0.15) is 0 Å². The summed E-state index contributed by atoms with van der Waals surface area (Å²) in [5.41, 5.74) is 12.7. The van der Waals surface area contributed by atoms with Gasteiger partial charge in [0, 0.05) is 6.54 Å². The monoisotopic (exact) mass is 260 g/mol. The molecule has 104 valence electrons. The van der Waals surface area contributed by atoms with Gasteiger partial charge < -0.3 is 16.2 Å². The maximum Gasteiger partial charge on any atom is 0.141 e. The number of benzene rings is 2. The molecular formula is C16H24N2O. The number of nitrogen functional groups attached to an aromatic ring is 1. The maximum absolute atomic E-state index is 5.51. The highest BCUT2D eigenvalue weighted by atomic mass is 16.5. The Morgan fingerprint density at radius 2 is 1.42 bits per heavy atom. The normalized spacial score (nSPS) is 8.42. The van der Waals surface area contributed by atoms with Gasteiger partial charge in [0.25, 0.3) is 0 Å². The molecule has 0 fully saturated rings. The number of rotatable bonds is 2. The second kappa shape index (κ2) is 11.1. The number of ether oxygens (including phenoxy) is 1. The summed E-state index contributed by atoms with van der Waals surface area (Å²) in [6, 6.07) is 17.4. The molecule has 4 N–H and O–H groups in total. The van der Waals surface area contributed by atoms with E-state index in [-0.39, 0.29) is 0 Å². The van der Waals surface area contributed by atoms with Crippen LogP contribution in [0.25, 0.3) is 0 Å². The Kier molecular flexibility index (Phi) is 9.94. The van der Waals surface area contributed by atoms with Gasteiger partial charge in [0.2, 0.25) is 0 Å². The van der Waals surface area contributed by atoms with Crippen molar-refractivity contribution in [1.82, 2.24) is 0 Å². The molecule has 0 saturated carbocycles. The molecule has 3 heteroatoms. The molecule has 0 aromatic heterocycles. The molecule has 0 radical (unpaired) electrons. The summed E-state index contributed by atoms with van der Waals surface area (Å²) < 4.78 is 4.92. The van der Waals surface area contributed by atoms with E-state index < -0.39 is 0 Å². The molecule has 0 aliphatic carbocycles. The van der Waals surface area contributed by atoms with Crippen LogP contribution in [0.5, 0.6) is 5.75 Å². The van der Waals surface area contributed by atoms with Crippen molar-refractivity contribution in [3.05, 3.63) is 60.2 Å². The fourth-order valence-corrected chi connectivity index (χ4v) is 1.28. The van der Waals surface area contributed by atoms with Crippen LogP contribution in [0.1, 0.15) is 19.4 Å². The van der Waals surface area contributed by atoms with Gasteiger partial charge in [-0.25, -0.2) is 0 Å². The molecule has 2 rings (SSSR count). The van der Waals surface area contributed by atoms with Crippen LogP contribution in [0, 0.1) is 0 Å². The van der Waals surface area contributed by atoms with Crippen LogP contribution in [-0.2, 0) is 6.54 Å². The second-order valence-electron chi connectivity index (χ2n) is 3.43. The smallest absolute Gasteiger partial charge is 0.141 e. The molecule has 2 aromatic rings. The van der Waals surface area contributed by atoms with Crippen molar-refractivity contribution in [3.8, 4) is 5.75 Å². The standard InChI is InChI=1S/C7H9NO.C7H9N.C2H6/c1-9-7-5-3-2-4-6(7)8;8-6-7-4-2-1-3-5-7;1-2/h2-5H,8H2,1H3;1-5H,6,8H2;1-2H3. The highest BCUT2D eigenvalue weighted by Gasteiger charge is 1.91. The van der Waals surface area contributed by atoms with Crippen molar-refractivity contribution in [2.24, 2.45) is 5.73 Å². The first kappa shape index (κ1) is 17.0. The van der Waals surface area contributed by atoms with E-state index in [9.17, 15) is 0 Å². The predicted octanol–water partition coefficient (Wildman–Crippen LogP) is 3.45. The lowest BCUT2D eigenvalue weighted by Crippen LogP contribution is -1.94. The number of methoxy groups -OCH3 is 1. The zero-order valence-corrected chi connectivity index (χ0v) is 12.0. The summed E-state index contributed by atoms with van der Waals surface area (Å²) in [6.45, 7) is 4.64. The third-order valence-corrected chi connectivity index (χ3v) is 2.22. The minimum Gasteiger partial charge on any atom is -0.495 e. The van der Waals surface area contributed by atoms with Crippen LogP contribution in [0.4, 0.5) is 5.69 Å². The third-order valence-electron chi connectivity index (χ3n) is 2.22. The summed E-state index contributed by atoms with van der Waals surface area (Å²) in [4.78, 5) is 0. The highest BCUT2D eigenvalue weighted by Crippen LogP contribution is 2.18. The SMILES string of the molecule is CC.COc1ccccc1N.NCc1ccccc1. The number of hydrogen-bond acceptors (Lipinski definition) is 3. The Hall–Kier alpha value is -2.00. The third kappa shape index (κ3) is 7.11. The minimum absolute atomic E-state index is 0.640. The van der Waals surface area contributed by atoms with Crippen molar-refractivity contribution < 1.29 is 4.74 Å². The quantitative estimate of drug-likeness (QED) is 0.813. The first-order chi connectivity index (χ1) is 9.27. The summed E-state index contributed by atoms with van der Waals surface area (Å²) in [7, 11) is 1.60. The van der Waals surface area contributed by atoms with Gasteiger partial charge in [-0.05, 0) is 17.7 Å². The second-order valence-corrected chi connectivity index (χ2v) is 3.43. The Morgan fingerprint density at radius 3 is 1.79 bits per heavy atom.